The molecule has 0 saturated carbocycles. The zero-order valence-electron chi connectivity index (χ0n) is 17.3. The van der Waals surface area contributed by atoms with Crippen LogP contribution < -0.4 is 5.32 Å². The summed E-state index contributed by atoms with van der Waals surface area (Å²) in [7, 11) is -3.54. The smallest absolute Gasteiger partial charge is 0.243 e. The van der Waals surface area contributed by atoms with Gasteiger partial charge in [-0.05, 0) is 50.3 Å². The van der Waals surface area contributed by atoms with Crippen LogP contribution in [0.3, 0.4) is 0 Å². The zero-order valence-corrected chi connectivity index (χ0v) is 18.1. The highest BCUT2D eigenvalue weighted by atomic mass is 32.2. The number of carbonyl (C=O) groups is 1. The summed E-state index contributed by atoms with van der Waals surface area (Å²) in [6, 6.07) is 6.47. The van der Waals surface area contributed by atoms with E-state index in [2.05, 4.69) is 5.32 Å². The number of ether oxygens (including phenoxy) is 1. The molecule has 8 nitrogen and oxygen atoms in total. The first kappa shape index (κ1) is 21.7. The Hall–Kier alpha value is -1.52. The van der Waals surface area contributed by atoms with E-state index < -0.39 is 21.7 Å². The molecular formula is C21H31N3O5S. The largest absolute Gasteiger partial charge is 0.390 e. The van der Waals surface area contributed by atoms with Crippen LogP contribution in [0.15, 0.2) is 29.2 Å². The van der Waals surface area contributed by atoms with Gasteiger partial charge in [0.15, 0.2) is 0 Å². The lowest BCUT2D eigenvalue weighted by Crippen LogP contribution is -2.57. The van der Waals surface area contributed by atoms with Gasteiger partial charge in [0.25, 0.3) is 0 Å². The Balaban J connectivity index is 1.38. The Labute approximate surface area is 178 Å². The van der Waals surface area contributed by atoms with Crippen molar-refractivity contribution in [3.63, 3.8) is 0 Å². The van der Waals surface area contributed by atoms with Crippen molar-refractivity contribution in [3.8, 4) is 0 Å². The second-order valence-corrected chi connectivity index (χ2v) is 10.5. The van der Waals surface area contributed by atoms with E-state index in [1.165, 1.54) is 10.4 Å². The van der Waals surface area contributed by atoms with Crippen molar-refractivity contribution < 1.29 is 23.1 Å². The van der Waals surface area contributed by atoms with E-state index in [9.17, 15) is 18.3 Å². The van der Waals surface area contributed by atoms with Crippen molar-refractivity contribution >= 4 is 21.6 Å². The fraction of sp³-hybridized carbons (Fsp3) is 0.667. The highest BCUT2D eigenvalue weighted by Gasteiger charge is 2.46. The third kappa shape index (κ3) is 4.55. The van der Waals surface area contributed by atoms with Gasteiger partial charge in [-0.25, -0.2) is 8.42 Å². The molecule has 3 aliphatic heterocycles. The maximum atomic E-state index is 12.9. The number of aliphatic hydroxyl groups is 1. The number of rotatable bonds is 5. The summed E-state index contributed by atoms with van der Waals surface area (Å²) in [6.07, 6.45) is 4.64. The van der Waals surface area contributed by atoms with Gasteiger partial charge in [-0.15, -0.1) is 0 Å². The molecule has 3 fully saturated rings. The summed E-state index contributed by atoms with van der Waals surface area (Å²) < 4.78 is 33.1. The number of likely N-dealkylation sites (tertiary alicyclic amines) is 1. The molecule has 0 radical (unpaired) electrons. The molecule has 1 amide bonds. The molecule has 3 heterocycles. The predicted molar refractivity (Wildman–Crippen MR) is 113 cm³/mol. The van der Waals surface area contributed by atoms with Crippen LogP contribution in [0.5, 0.6) is 0 Å². The Morgan fingerprint density at radius 2 is 2.00 bits per heavy atom. The summed E-state index contributed by atoms with van der Waals surface area (Å²) >= 11 is 0. The zero-order chi connectivity index (χ0) is 21.2. The molecule has 3 aliphatic rings. The SMILES string of the molecule is O=C(CN1CC[C@H](O)[C@]2(CCCO2)C1)Nc1cccc(S(=O)(=O)N2CCCCC2)c1. The van der Waals surface area contributed by atoms with E-state index in [-0.39, 0.29) is 17.3 Å². The lowest BCUT2D eigenvalue weighted by Gasteiger charge is -2.42. The summed E-state index contributed by atoms with van der Waals surface area (Å²) in [6.45, 7) is 3.08. The predicted octanol–water partition coefficient (Wildman–Crippen LogP) is 1.42. The van der Waals surface area contributed by atoms with Crippen molar-refractivity contribution in [2.24, 2.45) is 0 Å². The lowest BCUT2D eigenvalue weighted by molar-refractivity contribution is -0.137. The molecule has 30 heavy (non-hydrogen) atoms. The molecule has 1 spiro atoms. The first-order valence-corrected chi connectivity index (χ1v) is 12.3. The number of hydrogen-bond acceptors (Lipinski definition) is 6. The van der Waals surface area contributed by atoms with Crippen molar-refractivity contribution in [1.29, 1.82) is 0 Å². The molecule has 9 heteroatoms. The minimum absolute atomic E-state index is 0.181. The van der Waals surface area contributed by atoms with Gasteiger partial charge >= 0.3 is 0 Å². The van der Waals surface area contributed by atoms with Crippen LogP contribution in [-0.2, 0) is 19.6 Å². The number of amides is 1. The molecule has 0 aromatic heterocycles. The monoisotopic (exact) mass is 437 g/mol. The highest BCUT2D eigenvalue weighted by Crippen LogP contribution is 2.34. The molecular weight excluding hydrogens is 406 g/mol. The van der Waals surface area contributed by atoms with Gasteiger partial charge in [0.2, 0.25) is 15.9 Å². The molecule has 3 saturated heterocycles. The molecule has 2 atom stereocenters. The van der Waals surface area contributed by atoms with E-state index in [0.717, 1.165) is 32.1 Å². The van der Waals surface area contributed by atoms with Crippen LogP contribution in [0.25, 0.3) is 0 Å². The van der Waals surface area contributed by atoms with Crippen LogP contribution >= 0.6 is 0 Å². The topological polar surface area (TPSA) is 99.2 Å². The molecule has 4 rings (SSSR count). The van der Waals surface area contributed by atoms with Crippen molar-refractivity contribution in [2.45, 2.75) is 55.1 Å². The Morgan fingerprint density at radius 3 is 2.73 bits per heavy atom. The van der Waals surface area contributed by atoms with Crippen LogP contribution in [0.2, 0.25) is 0 Å². The average Bonchev–Trinajstić information content (AvgIpc) is 3.21. The Bertz CT molecular complexity index is 863. The summed E-state index contributed by atoms with van der Waals surface area (Å²) in [5.74, 6) is -0.202. The van der Waals surface area contributed by atoms with Crippen molar-refractivity contribution in [2.75, 3.05) is 44.6 Å². The van der Waals surface area contributed by atoms with Crippen molar-refractivity contribution in [1.82, 2.24) is 9.21 Å². The number of aliphatic hydroxyl groups excluding tert-OH is 1. The first-order chi connectivity index (χ1) is 14.4. The van der Waals surface area contributed by atoms with E-state index in [1.807, 2.05) is 4.90 Å². The highest BCUT2D eigenvalue weighted by molar-refractivity contribution is 7.89. The number of piperidine rings is 2. The average molecular weight is 438 g/mol. The molecule has 0 unspecified atom stereocenters. The van der Waals surface area contributed by atoms with Gasteiger partial charge in [-0.3, -0.25) is 9.69 Å². The Morgan fingerprint density at radius 1 is 1.20 bits per heavy atom. The van der Waals surface area contributed by atoms with E-state index >= 15 is 0 Å². The van der Waals surface area contributed by atoms with Gasteiger partial charge in [0.05, 0.1) is 17.5 Å². The molecule has 0 bridgehead atoms. The van der Waals surface area contributed by atoms with Crippen molar-refractivity contribution in [3.05, 3.63) is 24.3 Å². The lowest BCUT2D eigenvalue weighted by atomic mass is 9.87. The summed E-state index contributed by atoms with van der Waals surface area (Å²) in [5.41, 5.74) is -0.0806. The molecule has 0 aliphatic carbocycles. The number of carbonyl (C=O) groups excluding carboxylic acids is 1. The number of sulfonamides is 1. The van der Waals surface area contributed by atoms with E-state index in [1.54, 1.807) is 18.2 Å². The van der Waals surface area contributed by atoms with Gasteiger partial charge < -0.3 is 15.2 Å². The first-order valence-electron chi connectivity index (χ1n) is 10.8. The fourth-order valence-corrected chi connectivity index (χ4v) is 6.33. The molecule has 1 aromatic rings. The van der Waals surface area contributed by atoms with Gasteiger partial charge in [0.1, 0.15) is 5.60 Å². The third-order valence-corrected chi connectivity index (χ3v) is 8.28. The number of nitrogens with one attached hydrogen (secondary N) is 1. The van der Waals surface area contributed by atoms with Crippen LogP contribution in [-0.4, -0.2) is 79.7 Å². The summed E-state index contributed by atoms with van der Waals surface area (Å²) in [4.78, 5) is 14.8. The number of hydrogen-bond donors (Lipinski definition) is 2. The van der Waals surface area contributed by atoms with Crippen LogP contribution in [0, 0.1) is 0 Å². The van der Waals surface area contributed by atoms with Gasteiger partial charge in [0, 0.05) is 38.5 Å². The molecule has 2 N–H and O–H groups in total. The minimum Gasteiger partial charge on any atom is -0.390 e. The second kappa shape index (κ2) is 8.92. The third-order valence-electron chi connectivity index (χ3n) is 6.39. The normalized spacial score (nSPS) is 28.6. The maximum Gasteiger partial charge on any atom is 0.243 e. The fourth-order valence-electron chi connectivity index (χ4n) is 4.76. The number of benzene rings is 1. The summed E-state index contributed by atoms with van der Waals surface area (Å²) in [5, 5.41) is 13.2. The Kier molecular flexibility index (Phi) is 6.45. The minimum atomic E-state index is -3.54. The number of nitrogens with zero attached hydrogens (tertiary/aromatic N) is 2. The molecule has 166 valence electrons. The molecule has 1 aromatic carbocycles. The van der Waals surface area contributed by atoms with Crippen LogP contribution in [0.4, 0.5) is 5.69 Å². The van der Waals surface area contributed by atoms with Gasteiger partial charge in [-0.1, -0.05) is 12.5 Å². The maximum absolute atomic E-state index is 12.9. The van der Waals surface area contributed by atoms with E-state index in [0.29, 0.717) is 44.9 Å². The second-order valence-electron chi connectivity index (χ2n) is 8.57. The van der Waals surface area contributed by atoms with Crippen LogP contribution in [0.1, 0.15) is 38.5 Å². The standard InChI is InChI=1S/C21H31N3O5S/c25-19-8-12-23(16-21(19)9-5-13-29-21)15-20(26)22-17-6-4-7-18(14-17)30(27,28)24-10-2-1-3-11-24/h4,6-7,14,19,25H,1-3,5,8-13,15-16H2,(H,22,26)/t19-,21-/m0/s1. The van der Waals surface area contributed by atoms with E-state index in [4.69, 9.17) is 4.74 Å². The van der Waals surface area contributed by atoms with Gasteiger partial charge in [-0.2, -0.15) is 4.31 Å². The number of anilines is 1. The quantitative estimate of drug-likeness (QED) is 0.723.